The molecular formula is C29H30O8. The number of phenols is 3. The molecular weight excluding hydrogens is 476 g/mol. The molecule has 0 aliphatic heterocycles. The minimum atomic E-state index is -0.546. The SMILES string of the molecule is COc1cc([C@H]2c3cc(O)c(OC)cc3C[C@@H](CO)[C@@H]2COC(=O)/C=C/c2ccc(O)cc2)ccc1O. The van der Waals surface area contributed by atoms with Gasteiger partial charge < -0.3 is 34.6 Å². The highest BCUT2D eigenvalue weighted by Gasteiger charge is 2.39. The summed E-state index contributed by atoms with van der Waals surface area (Å²) in [5.74, 6) is -0.778. The molecule has 8 nitrogen and oxygen atoms in total. The summed E-state index contributed by atoms with van der Waals surface area (Å²) in [4.78, 5) is 12.6. The number of carbonyl (C=O) groups is 1. The molecule has 0 amide bonds. The third kappa shape index (κ3) is 5.65. The lowest BCUT2D eigenvalue weighted by Crippen LogP contribution is -2.36. The molecule has 8 heteroatoms. The maximum absolute atomic E-state index is 12.6. The van der Waals surface area contributed by atoms with Crippen molar-refractivity contribution in [1.29, 1.82) is 0 Å². The van der Waals surface area contributed by atoms with Crippen molar-refractivity contribution in [1.82, 2.24) is 0 Å². The van der Waals surface area contributed by atoms with Gasteiger partial charge in [-0.2, -0.15) is 0 Å². The zero-order valence-corrected chi connectivity index (χ0v) is 20.6. The van der Waals surface area contributed by atoms with Crippen LogP contribution in [0.15, 0.2) is 60.7 Å². The van der Waals surface area contributed by atoms with Crippen LogP contribution in [-0.4, -0.2) is 53.8 Å². The number of aliphatic hydroxyl groups is 1. The minimum Gasteiger partial charge on any atom is -0.508 e. The Morgan fingerprint density at radius 3 is 2.32 bits per heavy atom. The number of hydrogen-bond acceptors (Lipinski definition) is 8. The van der Waals surface area contributed by atoms with Crippen LogP contribution in [0.5, 0.6) is 28.7 Å². The Hall–Kier alpha value is -4.17. The first-order valence-electron chi connectivity index (χ1n) is 11.9. The van der Waals surface area contributed by atoms with Crippen molar-refractivity contribution in [2.45, 2.75) is 12.3 Å². The molecule has 3 aromatic carbocycles. The van der Waals surface area contributed by atoms with Crippen molar-refractivity contribution in [3.8, 4) is 28.7 Å². The summed E-state index contributed by atoms with van der Waals surface area (Å²) in [6.07, 6.45) is 3.40. The number of esters is 1. The van der Waals surface area contributed by atoms with Gasteiger partial charge in [-0.3, -0.25) is 0 Å². The van der Waals surface area contributed by atoms with E-state index >= 15 is 0 Å². The summed E-state index contributed by atoms with van der Waals surface area (Å²) < 4.78 is 16.2. The lowest BCUT2D eigenvalue weighted by Gasteiger charge is -2.39. The van der Waals surface area contributed by atoms with Crippen LogP contribution in [0.2, 0.25) is 0 Å². The van der Waals surface area contributed by atoms with E-state index in [0.717, 1.165) is 22.3 Å². The molecule has 194 valence electrons. The number of hydrogen-bond donors (Lipinski definition) is 4. The molecule has 0 bridgehead atoms. The Kier molecular flexibility index (Phi) is 7.89. The number of benzene rings is 3. The lowest BCUT2D eigenvalue weighted by atomic mass is 9.67. The average Bonchev–Trinajstić information content (AvgIpc) is 2.91. The summed E-state index contributed by atoms with van der Waals surface area (Å²) in [7, 11) is 2.94. The monoisotopic (exact) mass is 506 g/mol. The van der Waals surface area contributed by atoms with Crippen LogP contribution in [0.25, 0.3) is 6.08 Å². The molecule has 1 aliphatic carbocycles. The minimum absolute atomic E-state index is 0.0130. The van der Waals surface area contributed by atoms with Crippen LogP contribution in [0.3, 0.4) is 0 Å². The molecule has 37 heavy (non-hydrogen) atoms. The van der Waals surface area contributed by atoms with Gasteiger partial charge in [0.15, 0.2) is 23.0 Å². The fourth-order valence-electron chi connectivity index (χ4n) is 4.92. The van der Waals surface area contributed by atoms with Gasteiger partial charge in [-0.1, -0.05) is 18.2 Å². The number of ether oxygens (including phenoxy) is 3. The number of phenolic OH excluding ortho intramolecular Hbond substituents is 3. The van der Waals surface area contributed by atoms with E-state index in [1.165, 1.54) is 38.5 Å². The van der Waals surface area contributed by atoms with Crippen LogP contribution in [0.1, 0.15) is 28.2 Å². The molecule has 0 spiro atoms. The Balaban J connectivity index is 1.67. The van der Waals surface area contributed by atoms with Gasteiger partial charge in [0, 0.05) is 24.5 Å². The number of methoxy groups -OCH3 is 2. The second-order valence-corrected chi connectivity index (χ2v) is 9.00. The Morgan fingerprint density at radius 2 is 1.65 bits per heavy atom. The lowest BCUT2D eigenvalue weighted by molar-refractivity contribution is -0.140. The van der Waals surface area contributed by atoms with Crippen molar-refractivity contribution >= 4 is 12.0 Å². The van der Waals surface area contributed by atoms with Crippen molar-refractivity contribution in [2.24, 2.45) is 11.8 Å². The van der Waals surface area contributed by atoms with Crippen LogP contribution in [0.4, 0.5) is 0 Å². The Bertz CT molecular complexity index is 1280. The fraction of sp³-hybridized carbons (Fsp3) is 0.276. The average molecular weight is 507 g/mol. The van der Waals surface area contributed by atoms with E-state index in [0.29, 0.717) is 12.2 Å². The first-order valence-corrected chi connectivity index (χ1v) is 11.9. The molecule has 0 radical (unpaired) electrons. The van der Waals surface area contributed by atoms with E-state index in [9.17, 15) is 25.2 Å². The highest BCUT2D eigenvalue weighted by molar-refractivity contribution is 5.87. The second kappa shape index (κ2) is 11.3. The summed E-state index contributed by atoms with van der Waals surface area (Å²) in [5.41, 5.74) is 3.23. The van der Waals surface area contributed by atoms with Crippen molar-refractivity contribution in [3.05, 3.63) is 82.9 Å². The zero-order chi connectivity index (χ0) is 26.5. The van der Waals surface area contributed by atoms with E-state index in [1.807, 2.05) is 0 Å². The van der Waals surface area contributed by atoms with Crippen LogP contribution in [0, 0.1) is 11.8 Å². The predicted molar refractivity (Wildman–Crippen MR) is 137 cm³/mol. The third-order valence-electron chi connectivity index (χ3n) is 6.81. The molecule has 0 heterocycles. The fourth-order valence-corrected chi connectivity index (χ4v) is 4.92. The van der Waals surface area contributed by atoms with Crippen molar-refractivity contribution in [2.75, 3.05) is 27.4 Å². The van der Waals surface area contributed by atoms with E-state index in [-0.39, 0.29) is 54.0 Å². The van der Waals surface area contributed by atoms with Gasteiger partial charge >= 0.3 is 5.97 Å². The zero-order valence-electron chi connectivity index (χ0n) is 20.6. The van der Waals surface area contributed by atoms with Crippen LogP contribution < -0.4 is 9.47 Å². The molecule has 0 saturated carbocycles. The first-order chi connectivity index (χ1) is 17.8. The summed E-state index contributed by atoms with van der Waals surface area (Å²) in [6, 6.07) is 14.8. The maximum Gasteiger partial charge on any atom is 0.330 e. The van der Waals surface area contributed by atoms with E-state index in [1.54, 1.807) is 42.5 Å². The van der Waals surface area contributed by atoms with E-state index < -0.39 is 5.97 Å². The standard InChI is InChI=1S/C29H30O8/c1-35-26-12-18(6-9-24(26)32)29-22-14-25(33)27(36-2)13-19(22)11-20(15-30)23(29)16-37-28(34)10-5-17-3-7-21(31)8-4-17/h3-10,12-14,20,23,29-33H,11,15-16H2,1-2H3/b10-5+/t20-,23-,29-/m0/s1. The summed E-state index contributed by atoms with van der Waals surface area (Å²) >= 11 is 0. The van der Waals surface area contributed by atoms with Crippen LogP contribution >= 0.6 is 0 Å². The van der Waals surface area contributed by atoms with E-state index in [4.69, 9.17) is 14.2 Å². The number of fused-ring (bicyclic) bond motifs is 1. The molecule has 0 aromatic heterocycles. The molecule has 4 N–H and O–H groups in total. The predicted octanol–water partition coefficient (Wildman–Crippen LogP) is 3.99. The van der Waals surface area contributed by atoms with Gasteiger partial charge in [-0.15, -0.1) is 0 Å². The largest absolute Gasteiger partial charge is 0.508 e. The number of rotatable bonds is 8. The Labute approximate surface area is 215 Å². The molecule has 3 atom stereocenters. The number of aromatic hydroxyl groups is 3. The summed E-state index contributed by atoms with van der Waals surface area (Å²) in [5, 5.41) is 40.4. The smallest absolute Gasteiger partial charge is 0.330 e. The van der Waals surface area contributed by atoms with Gasteiger partial charge in [0.25, 0.3) is 0 Å². The normalized spacial score (nSPS) is 18.8. The molecule has 3 aromatic rings. The summed E-state index contributed by atoms with van der Waals surface area (Å²) in [6.45, 7) is -0.121. The van der Waals surface area contributed by atoms with Gasteiger partial charge in [0.1, 0.15) is 5.75 Å². The Morgan fingerprint density at radius 1 is 0.946 bits per heavy atom. The van der Waals surface area contributed by atoms with Crippen LogP contribution in [-0.2, 0) is 16.0 Å². The van der Waals surface area contributed by atoms with Gasteiger partial charge in [-0.25, -0.2) is 4.79 Å². The third-order valence-corrected chi connectivity index (χ3v) is 6.81. The van der Waals surface area contributed by atoms with Gasteiger partial charge in [0.05, 0.1) is 20.8 Å². The topological polar surface area (TPSA) is 126 Å². The van der Waals surface area contributed by atoms with Crippen molar-refractivity contribution in [3.63, 3.8) is 0 Å². The second-order valence-electron chi connectivity index (χ2n) is 9.00. The molecule has 0 saturated heterocycles. The number of carbonyl (C=O) groups excluding carboxylic acids is 1. The highest BCUT2D eigenvalue weighted by atomic mass is 16.5. The molecule has 0 unspecified atom stereocenters. The quantitative estimate of drug-likeness (QED) is 0.267. The molecule has 1 aliphatic rings. The highest BCUT2D eigenvalue weighted by Crippen LogP contribution is 2.48. The van der Waals surface area contributed by atoms with Gasteiger partial charge in [-0.05, 0) is 77.1 Å². The van der Waals surface area contributed by atoms with Gasteiger partial charge in [0.2, 0.25) is 0 Å². The molecule has 0 fully saturated rings. The first kappa shape index (κ1) is 25.9. The van der Waals surface area contributed by atoms with E-state index in [2.05, 4.69) is 0 Å². The maximum atomic E-state index is 12.6. The molecule has 4 rings (SSSR count). The number of aliphatic hydroxyl groups excluding tert-OH is 1. The van der Waals surface area contributed by atoms with Crippen molar-refractivity contribution < 1.29 is 39.4 Å².